The van der Waals surface area contributed by atoms with Crippen LogP contribution in [0.25, 0.3) is 0 Å². The lowest BCUT2D eigenvalue weighted by molar-refractivity contribution is -0.114. The largest absolute Gasteiger partial charge is 0.462 e. The first-order valence-corrected chi connectivity index (χ1v) is 11.4. The molecule has 10 heteroatoms. The molecule has 0 radical (unpaired) electrons. The maximum atomic E-state index is 12.4. The maximum Gasteiger partial charge on any atom is 0.339 e. The highest BCUT2D eigenvalue weighted by molar-refractivity contribution is 14.1. The molecule has 1 N–H and O–H groups in total. The fourth-order valence-corrected chi connectivity index (χ4v) is 3.78. The van der Waals surface area contributed by atoms with E-state index in [0.29, 0.717) is 11.4 Å². The molecule has 0 fully saturated rings. The molecule has 0 heterocycles. The number of hydrogen-bond donors (Lipinski definition) is 1. The number of halogens is 2. The first kappa shape index (κ1) is 22.4. The van der Waals surface area contributed by atoms with Gasteiger partial charge < -0.3 is 10.1 Å². The molecule has 28 heavy (non-hydrogen) atoms. The van der Waals surface area contributed by atoms with Gasteiger partial charge in [0.15, 0.2) is 0 Å². The van der Waals surface area contributed by atoms with E-state index in [1.165, 1.54) is 18.2 Å². The van der Waals surface area contributed by atoms with Crippen molar-refractivity contribution in [1.29, 1.82) is 0 Å². The van der Waals surface area contributed by atoms with Crippen LogP contribution in [0.2, 0.25) is 5.02 Å². The van der Waals surface area contributed by atoms with Crippen LogP contribution >= 0.6 is 34.2 Å². The zero-order valence-corrected chi connectivity index (χ0v) is 18.8. The number of benzene rings is 2. The Kier molecular flexibility index (Phi) is 7.67. The zero-order valence-electron chi connectivity index (χ0n) is 15.1. The summed E-state index contributed by atoms with van der Waals surface area (Å²) in [5, 5.41) is 2.70. The summed E-state index contributed by atoms with van der Waals surface area (Å²) in [4.78, 5) is 24.2. The third-order valence-electron chi connectivity index (χ3n) is 3.55. The topological polar surface area (TPSA) is 92.8 Å². The van der Waals surface area contributed by atoms with E-state index in [2.05, 4.69) is 27.9 Å². The molecule has 0 saturated heterocycles. The van der Waals surface area contributed by atoms with Crippen molar-refractivity contribution in [3.63, 3.8) is 0 Å². The van der Waals surface area contributed by atoms with Gasteiger partial charge in [0.1, 0.15) is 6.54 Å². The van der Waals surface area contributed by atoms with Gasteiger partial charge >= 0.3 is 5.97 Å². The summed E-state index contributed by atoms with van der Waals surface area (Å²) in [6, 6.07) is 11.1. The molecule has 0 unspecified atom stereocenters. The standard InChI is InChI=1S/C18H18ClIN2O5S/c1-3-27-18(24)15-9-6-13(10-16(15)19)21-17(23)11-22(28(2,25)26)14-7-4-12(20)5-8-14/h4-10H,3,11H2,1-2H3,(H,21,23). The zero-order chi connectivity index (χ0) is 20.9. The van der Waals surface area contributed by atoms with Crippen LogP contribution in [0.4, 0.5) is 11.4 Å². The van der Waals surface area contributed by atoms with E-state index in [1.54, 1.807) is 31.2 Å². The maximum absolute atomic E-state index is 12.4. The van der Waals surface area contributed by atoms with Crippen molar-refractivity contribution in [3.05, 3.63) is 56.6 Å². The number of carbonyl (C=O) groups is 2. The highest BCUT2D eigenvalue weighted by Crippen LogP contribution is 2.23. The van der Waals surface area contributed by atoms with Crippen LogP contribution in [0, 0.1) is 3.57 Å². The predicted molar refractivity (Wildman–Crippen MR) is 117 cm³/mol. The molecule has 0 aliphatic heterocycles. The highest BCUT2D eigenvalue weighted by atomic mass is 127. The minimum Gasteiger partial charge on any atom is -0.462 e. The molecular formula is C18H18ClIN2O5S. The molecule has 0 aliphatic rings. The molecule has 2 aromatic carbocycles. The normalized spacial score (nSPS) is 11.0. The number of hydrogen-bond acceptors (Lipinski definition) is 5. The Morgan fingerprint density at radius 3 is 2.36 bits per heavy atom. The van der Waals surface area contributed by atoms with Crippen molar-refractivity contribution in [2.75, 3.05) is 29.0 Å². The first-order valence-electron chi connectivity index (χ1n) is 8.11. The van der Waals surface area contributed by atoms with Crippen molar-refractivity contribution < 1.29 is 22.7 Å². The van der Waals surface area contributed by atoms with Gasteiger partial charge in [-0.3, -0.25) is 9.10 Å². The number of rotatable bonds is 7. The van der Waals surface area contributed by atoms with E-state index in [-0.39, 0.29) is 17.2 Å². The van der Waals surface area contributed by atoms with E-state index < -0.39 is 28.4 Å². The fourth-order valence-electron chi connectivity index (χ4n) is 2.31. The Hall–Kier alpha value is -1.85. The molecule has 0 aromatic heterocycles. The second-order valence-corrected chi connectivity index (χ2v) is 9.27. The summed E-state index contributed by atoms with van der Waals surface area (Å²) in [6.45, 7) is 1.49. The lowest BCUT2D eigenvalue weighted by atomic mass is 10.2. The van der Waals surface area contributed by atoms with Gasteiger partial charge in [0.05, 0.1) is 29.1 Å². The molecule has 7 nitrogen and oxygen atoms in total. The van der Waals surface area contributed by atoms with E-state index in [4.69, 9.17) is 16.3 Å². The highest BCUT2D eigenvalue weighted by Gasteiger charge is 2.21. The lowest BCUT2D eigenvalue weighted by Crippen LogP contribution is -2.37. The van der Waals surface area contributed by atoms with Gasteiger partial charge in [0.25, 0.3) is 0 Å². The lowest BCUT2D eigenvalue weighted by Gasteiger charge is -2.22. The average molecular weight is 537 g/mol. The molecular weight excluding hydrogens is 519 g/mol. The van der Waals surface area contributed by atoms with Crippen LogP contribution < -0.4 is 9.62 Å². The number of sulfonamides is 1. The Bertz CT molecular complexity index is 980. The number of esters is 1. The summed E-state index contributed by atoms with van der Waals surface area (Å²) >= 11 is 8.18. The molecule has 1 amide bonds. The van der Waals surface area contributed by atoms with E-state index in [0.717, 1.165) is 14.1 Å². The molecule has 2 rings (SSSR count). The van der Waals surface area contributed by atoms with E-state index in [9.17, 15) is 18.0 Å². The van der Waals surface area contributed by atoms with Gasteiger partial charge in [-0.2, -0.15) is 0 Å². The SMILES string of the molecule is CCOC(=O)c1ccc(NC(=O)CN(c2ccc(I)cc2)S(C)(=O)=O)cc1Cl. The molecule has 0 spiro atoms. The molecule has 0 saturated carbocycles. The minimum absolute atomic E-state index is 0.119. The van der Waals surface area contributed by atoms with Gasteiger partial charge in [0.2, 0.25) is 15.9 Å². The summed E-state index contributed by atoms with van der Waals surface area (Å²) < 4.78 is 31.1. The summed E-state index contributed by atoms with van der Waals surface area (Å²) in [7, 11) is -3.67. The van der Waals surface area contributed by atoms with Crippen LogP contribution in [0.5, 0.6) is 0 Å². The molecule has 2 aromatic rings. The summed E-state index contributed by atoms with van der Waals surface area (Å²) in [5.41, 5.74) is 0.894. The molecule has 0 bridgehead atoms. The van der Waals surface area contributed by atoms with Crippen LogP contribution in [0.1, 0.15) is 17.3 Å². The minimum atomic E-state index is -3.67. The van der Waals surface area contributed by atoms with E-state index in [1.807, 2.05) is 0 Å². The number of amides is 1. The van der Waals surface area contributed by atoms with Crippen LogP contribution in [0.3, 0.4) is 0 Å². The third-order valence-corrected chi connectivity index (χ3v) is 5.72. The van der Waals surface area contributed by atoms with Crippen molar-refractivity contribution in [2.24, 2.45) is 0 Å². The van der Waals surface area contributed by atoms with Crippen LogP contribution in [0.15, 0.2) is 42.5 Å². The second-order valence-electron chi connectivity index (χ2n) is 5.71. The molecule has 0 aliphatic carbocycles. The number of nitrogens with one attached hydrogen (secondary N) is 1. The van der Waals surface area contributed by atoms with Gasteiger partial charge in [0, 0.05) is 9.26 Å². The summed E-state index contributed by atoms with van der Waals surface area (Å²) in [6.07, 6.45) is 1.03. The Balaban J connectivity index is 2.16. The van der Waals surface area contributed by atoms with Gasteiger partial charge in [-0.1, -0.05) is 11.6 Å². The van der Waals surface area contributed by atoms with Gasteiger partial charge in [-0.25, -0.2) is 13.2 Å². The number of carbonyl (C=O) groups excluding carboxylic acids is 2. The second kappa shape index (κ2) is 9.57. The average Bonchev–Trinajstić information content (AvgIpc) is 2.60. The Labute approximate surface area is 182 Å². The van der Waals surface area contributed by atoms with Crippen molar-refractivity contribution in [1.82, 2.24) is 0 Å². The quantitative estimate of drug-likeness (QED) is 0.432. The third kappa shape index (κ3) is 6.08. The first-order chi connectivity index (χ1) is 13.1. The number of nitrogens with zero attached hydrogens (tertiary/aromatic N) is 1. The van der Waals surface area contributed by atoms with Crippen LogP contribution in [-0.2, 0) is 19.6 Å². The fraction of sp³-hybridized carbons (Fsp3) is 0.222. The van der Waals surface area contributed by atoms with Gasteiger partial charge in [-0.05, 0) is 72.0 Å². The predicted octanol–water partition coefficient (Wildman–Crippen LogP) is 3.53. The van der Waals surface area contributed by atoms with Crippen molar-refractivity contribution in [2.45, 2.75) is 6.92 Å². The number of anilines is 2. The van der Waals surface area contributed by atoms with Crippen molar-refractivity contribution in [3.8, 4) is 0 Å². The smallest absolute Gasteiger partial charge is 0.339 e. The van der Waals surface area contributed by atoms with E-state index >= 15 is 0 Å². The summed E-state index contributed by atoms with van der Waals surface area (Å²) in [5.74, 6) is -1.11. The number of ether oxygens (including phenoxy) is 1. The van der Waals surface area contributed by atoms with Gasteiger partial charge in [-0.15, -0.1) is 0 Å². The molecule has 150 valence electrons. The monoisotopic (exact) mass is 536 g/mol. The Morgan fingerprint density at radius 2 is 1.82 bits per heavy atom. The van der Waals surface area contributed by atoms with Crippen molar-refractivity contribution >= 4 is 67.5 Å². The van der Waals surface area contributed by atoms with Crippen LogP contribution in [-0.4, -0.2) is 39.7 Å². The molecule has 0 atom stereocenters. The Morgan fingerprint density at radius 1 is 1.18 bits per heavy atom.